The van der Waals surface area contributed by atoms with Gasteiger partial charge in [-0.15, -0.1) is 0 Å². The van der Waals surface area contributed by atoms with Crippen molar-refractivity contribution in [1.82, 2.24) is 24.5 Å². The van der Waals surface area contributed by atoms with Gasteiger partial charge >= 0.3 is 0 Å². The summed E-state index contributed by atoms with van der Waals surface area (Å²) in [5.41, 5.74) is 0.761. The molecule has 1 fully saturated rings. The van der Waals surface area contributed by atoms with Crippen LogP contribution in [0.3, 0.4) is 0 Å². The number of nitrogens with one attached hydrogen (secondary N) is 1. The minimum absolute atomic E-state index is 0.122. The maximum absolute atomic E-state index is 12.6. The molecular weight excluding hydrogens is 344 g/mol. The molecule has 8 nitrogen and oxygen atoms in total. The molecule has 1 amide bonds. The summed E-state index contributed by atoms with van der Waals surface area (Å²) in [7, 11) is 3.83. The number of hydrogen-bond acceptors (Lipinski definition) is 5. The van der Waals surface area contributed by atoms with Gasteiger partial charge in [-0.25, -0.2) is 0 Å². The number of nitrogens with zero attached hydrogens (tertiary/aromatic N) is 5. The van der Waals surface area contributed by atoms with E-state index in [-0.39, 0.29) is 11.1 Å². The lowest BCUT2D eigenvalue weighted by molar-refractivity contribution is 0.101. The van der Waals surface area contributed by atoms with E-state index in [0.29, 0.717) is 22.6 Å². The first-order valence-electron chi connectivity index (χ1n) is 9.03. The van der Waals surface area contributed by atoms with Crippen molar-refractivity contribution in [2.75, 3.05) is 25.5 Å². The van der Waals surface area contributed by atoms with E-state index >= 15 is 0 Å². The summed E-state index contributed by atoms with van der Waals surface area (Å²) in [5, 5.41) is 11.8. The molecule has 0 bridgehead atoms. The molecule has 1 saturated heterocycles. The quantitative estimate of drug-likeness (QED) is 0.762. The molecule has 3 heterocycles. The summed E-state index contributed by atoms with van der Waals surface area (Å²) in [4.78, 5) is 27.6. The maximum atomic E-state index is 12.6. The first kappa shape index (κ1) is 17.4. The summed E-state index contributed by atoms with van der Waals surface area (Å²) in [6.07, 6.45) is 5.48. The SMILES string of the molecule is CN1CCC(n2cc(NC(=O)c3nn(C)c4ccccc4c3=O)cn2)CC1. The Kier molecular flexibility index (Phi) is 4.49. The molecule has 1 aromatic carbocycles. The van der Waals surface area contributed by atoms with Gasteiger partial charge in [-0.05, 0) is 45.1 Å². The molecule has 140 valence electrons. The van der Waals surface area contributed by atoms with Crippen LogP contribution < -0.4 is 10.7 Å². The number of carbonyl (C=O) groups is 1. The number of benzene rings is 1. The van der Waals surface area contributed by atoms with Crippen LogP contribution in [0.5, 0.6) is 0 Å². The fourth-order valence-corrected chi connectivity index (χ4v) is 3.53. The number of carbonyl (C=O) groups excluding carboxylic acids is 1. The van der Waals surface area contributed by atoms with Crippen molar-refractivity contribution in [1.29, 1.82) is 0 Å². The molecule has 27 heavy (non-hydrogen) atoms. The molecule has 0 spiro atoms. The van der Waals surface area contributed by atoms with Gasteiger partial charge < -0.3 is 10.2 Å². The highest BCUT2D eigenvalue weighted by molar-refractivity contribution is 6.04. The fourth-order valence-electron chi connectivity index (χ4n) is 3.53. The first-order valence-corrected chi connectivity index (χ1v) is 9.03. The largest absolute Gasteiger partial charge is 0.318 e. The van der Waals surface area contributed by atoms with Gasteiger partial charge in [-0.1, -0.05) is 12.1 Å². The van der Waals surface area contributed by atoms with Crippen molar-refractivity contribution in [2.24, 2.45) is 7.05 Å². The lowest BCUT2D eigenvalue weighted by atomic mass is 10.1. The summed E-state index contributed by atoms with van der Waals surface area (Å²) in [5.74, 6) is -0.524. The Morgan fingerprint density at radius 1 is 1.19 bits per heavy atom. The number of para-hydroxylation sites is 1. The Labute approximate surface area is 156 Å². The summed E-state index contributed by atoms with van der Waals surface area (Å²) in [6.45, 7) is 2.06. The van der Waals surface area contributed by atoms with E-state index < -0.39 is 5.91 Å². The molecule has 0 atom stereocenters. The van der Waals surface area contributed by atoms with Gasteiger partial charge in [-0.3, -0.25) is 19.0 Å². The number of hydrogen-bond donors (Lipinski definition) is 1. The second-order valence-corrected chi connectivity index (χ2v) is 7.02. The van der Waals surface area contributed by atoms with Crippen LogP contribution in [0.1, 0.15) is 29.4 Å². The fraction of sp³-hybridized carbons (Fsp3) is 0.368. The molecule has 1 aliphatic rings. The van der Waals surface area contributed by atoms with E-state index in [4.69, 9.17) is 0 Å². The number of aryl methyl sites for hydroxylation is 1. The predicted octanol–water partition coefficient (Wildman–Crippen LogP) is 1.65. The third-order valence-corrected chi connectivity index (χ3v) is 5.10. The first-order chi connectivity index (χ1) is 13.0. The van der Waals surface area contributed by atoms with Gasteiger partial charge in [0.05, 0.1) is 23.4 Å². The van der Waals surface area contributed by atoms with Gasteiger partial charge in [0, 0.05) is 18.6 Å². The molecule has 1 N–H and O–H groups in total. The van der Waals surface area contributed by atoms with Crippen LogP contribution >= 0.6 is 0 Å². The van der Waals surface area contributed by atoms with Crippen LogP contribution in [0.25, 0.3) is 10.9 Å². The second kappa shape index (κ2) is 6.96. The number of aromatic nitrogens is 4. The predicted molar refractivity (Wildman–Crippen MR) is 103 cm³/mol. The number of amides is 1. The van der Waals surface area contributed by atoms with Crippen molar-refractivity contribution in [3.63, 3.8) is 0 Å². The second-order valence-electron chi connectivity index (χ2n) is 7.02. The Morgan fingerprint density at radius 3 is 2.70 bits per heavy atom. The zero-order chi connectivity index (χ0) is 19.0. The summed E-state index contributed by atoms with van der Waals surface area (Å²) < 4.78 is 3.45. The van der Waals surface area contributed by atoms with Crippen molar-refractivity contribution in [3.8, 4) is 0 Å². The van der Waals surface area contributed by atoms with E-state index in [1.54, 1.807) is 36.1 Å². The number of fused-ring (bicyclic) bond motifs is 1. The van der Waals surface area contributed by atoms with E-state index in [2.05, 4.69) is 27.5 Å². The van der Waals surface area contributed by atoms with E-state index in [9.17, 15) is 9.59 Å². The molecule has 8 heteroatoms. The van der Waals surface area contributed by atoms with Crippen molar-refractivity contribution in [2.45, 2.75) is 18.9 Å². The molecule has 0 aliphatic carbocycles. The zero-order valence-electron chi connectivity index (χ0n) is 15.4. The Bertz CT molecular complexity index is 1050. The Balaban J connectivity index is 1.56. The molecular formula is C19H22N6O2. The van der Waals surface area contributed by atoms with Gasteiger partial charge in [0.1, 0.15) is 0 Å². The van der Waals surface area contributed by atoms with Crippen molar-refractivity contribution >= 4 is 22.5 Å². The standard InChI is InChI=1S/C19H22N6O2/c1-23-9-7-14(8-10-23)25-12-13(11-20-25)21-19(27)17-18(26)15-5-3-4-6-16(15)24(2)22-17/h3-6,11-12,14H,7-10H2,1-2H3,(H,21,27). The molecule has 1 aliphatic heterocycles. The Hall–Kier alpha value is -3.00. The molecule has 0 saturated carbocycles. The highest BCUT2D eigenvalue weighted by Crippen LogP contribution is 2.22. The van der Waals surface area contributed by atoms with E-state index in [1.807, 2.05) is 16.9 Å². The summed E-state index contributed by atoms with van der Waals surface area (Å²) in [6, 6.07) is 7.45. The molecule has 2 aromatic heterocycles. The minimum atomic E-state index is -0.524. The molecule has 0 radical (unpaired) electrons. The minimum Gasteiger partial charge on any atom is -0.318 e. The average Bonchev–Trinajstić information content (AvgIpc) is 3.13. The molecule has 4 rings (SSSR count). The normalized spacial score (nSPS) is 15.9. The van der Waals surface area contributed by atoms with Crippen LogP contribution in [-0.2, 0) is 7.05 Å². The van der Waals surface area contributed by atoms with Crippen LogP contribution in [0, 0.1) is 0 Å². The van der Waals surface area contributed by atoms with Crippen molar-refractivity contribution in [3.05, 3.63) is 52.6 Å². The van der Waals surface area contributed by atoms with Gasteiger partial charge in [-0.2, -0.15) is 10.2 Å². The number of piperidine rings is 1. The Morgan fingerprint density at radius 2 is 1.93 bits per heavy atom. The zero-order valence-corrected chi connectivity index (χ0v) is 15.4. The molecule has 3 aromatic rings. The van der Waals surface area contributed by atoms with Crippen LogP contribution in [0.4, 0.5) is 5.69 Å². The highest BCUT2D eigenvalue weighted by Gasteiger charge is 2.20. The van der Waals surface area contributed by atoms with Crippen LogP contribution in [0.15, 0.2) is 41.5 Å². The maximum Gasteiger partial charge on any atom is 0.280 e. The topological polar surface area (TPSA) is 85.0 Å². The highest BCUT2D eigenvalue weighted by atomic mass is 16.2. The van der Waals surface area contributed by atoms with Gasteiger partial charge in [0.25, 0.3) is 5.91 Å². The van der Waals surface area contributed by atoms with E-state index in [0.717, 1.165) is 25.9 Å². The van der Waals surface area contributed by atoms with E-state index in [1.165, 1.54) is 0 Å². The van der Waals surface area contributed by atoms with Gasteiger partial charge in [0.2, 0.25) is 5.43 Å². The summed E-state index contributed by atoms with van der Waals surface area (Å²) >= 11 is 0. The smallest absolute Gasteiger partial charge is 0.280 e. The van der Waals surface area contributed by atoms with Crippen molar-refractivity contribution < 1.29 is 4.79 Å². The number of likely N-dealkylation sites (tertiary alicyclic amines) is 1. The van der Waals surface area contributed by atoms with Crippen LogP contribution in [0.2, 0.25) is 0 Å². The van der Waals surface area contributed by atoms with Gasteiger partial charge in [0.15, 0.2) is 5.69 Å². The number of rotatable bonds is 3. The lowest BCUT2D eigenvalue weighted by Crippen LogP contribution is -2.31. The van der Waals surface area contributed by atoms with Crippen LogP contribution in [-0.4, -0.2) is 50.5 Å². The third-order valence-electron chi connectivity index (χ3n) is 5.10. The average molecular weight is 366 g/mol. The molecule has 0 unspecified atom stereocenters. The monoisotopic (exact) mass is 366 g/mol. The lowest BCUT2D eigenvalue weighted by Gasteiger charge is -2.28. The third kappa shape index (κ3) is 3.35. The number of anilines is 1.